The van der Waals surface area contributed by atoms with Gasteiger partial charge in [0.05, 0.1) is 0 Å². The zero-order valence-corrected chi connectivity index (χ0v) is 18.5. The van der Waals surface area contributed by atoms with Gasteiger partial charge in [0.25, 0.3) is 0 Å². The fourth-order valence-electron chi connectivity index (χ4n) is 3.64. The van der Waals surface area contributed by atoms with Crippen molar-refractivity contribution < 1.29 is 9.84 Å². The van der Waals surface area contributed by atoms with Crippen molar-refractivity contribution in [3.05, 3.63) is 101 Å². The molecular formula is C26H30ClNO2. The Bertz CT molecular complexity index is 893. The summed E-state index contributed by atoms with van der Waals surface area (Å²) < 4.78 is 5.91. The average molecular weight is 424 g/mol. The van der Waals surface area contributed by atoms with Crippen molar-refractivity contribution in [1.29, 1.82) is 0 Å². The van der Waals surface area contributed by atoms with E-state index in [2.05, 4.69) is 18.7 Å². The molecule has 0 saturated carbocycles. The van der Waals surface area contributed by atoms with Gasteiger partial charge in [-0.05, 0) is 54.0 Å². The van der Waals surface area contributed by atoms with Crippen LogP contribution >= 0.6 is 11.6 Å². The van der Waals surface area contributed by atoms with Gasteiger partial charge in [0.2, 0.25) is 0 Å². The monoisotopic (exact) mass is 423 g/mol. The van der Waals surface area contributed by atoms with Gasteiger partial charge in [-0.1, -0.05) is 80.0 Å². The van der Waals surface area contributed by atoms with Crippen LogP contribution in [0.4, 0.5) is 0 Å². The third-order valence-corrected chi connectivity index (χ3v) is 5.78. The van der Waals surface area contributed by atoms with E-state index in [1.807, 2.05) is 78.9 Å². The molecule has 0 aromatic heterocycles. The molecule has 158 valence electrons. The molecule has 0 radical (unpaired) electrons. The van der Waals surface area contributed by atoms with Crippen LogP contribution in [0.5, 0.6) is 5.75 Å². The number of rotatable bonds is 10. The number of benzene rings is 3. The lowest BCUT2D eigenvalue weighted by atomic mass is 9.81. The number of ether oxygens (including phenoxy) is 1. The van der Waals surface area contributed by atoms with Crippen molar-refractivity contribution in [3.63, 3.8) is 0 Å². The molecule has 0 unspecified atom stereocenters. The smallest absolute Gasteiger partial charge is 0.119 e. The minimum Gasteiger partial charge on any atom is -0.492 e. The highest BCUT2D eigenvalue weighted by Crippen LogP contribution is 2.34. The largest absolute Gasteiger partial charge is 0.492 e. The zero-order chi connectivity index (χ0) is 21.4. The first kappa shape index (κ1) is 22.4. The molecule has 0 aliphatic carbocycles. The SMILES string of the molecule is CCN(CC)CCOc1ccc([C@@](O)(Cc2ccc(Cl)cc2)c2ccccc2)cc1. The Balaban J connectivity index is 1.80. The molecule has 3 aromatic rings. The van der Waals surface area contributed by atoms with Crippen molar-refractivity contribution in [1.82, 2.24) is 4.90 Å². The highest BCUT2D eigenvalue weighted by Gasteiger charge is 2.31. The van der Waals surface area contributed by atoms with Crippen LogP contribution in [0, 0.1) is 0 Å². The van der Waals surface area contributed by atoms with Crippen LogP contribution in [0.1, 0.15) is 30.5 Å². The van der Waals surface area contributed by atoms with E-state index in [9.17, 15) is 5.11 Å². The number of aliphatic hydroxyl groups is 1. The predicted octanol–water partition coefficient (Wildman–Crippen LogP) is 5.54. The van der Waals surface area contributed by atoms with Crippen molar-refractivity contribution in [2.45, 2.75) is 25.9 Å². The first-order valence-corrected chi connectivity index (χ1v) is 10.9. The fourth-order valence-corrected chi connectivity index (χ4v) is 3.77. The molecule has 1 N–H and O–H groups in total. The summed E-state index contributed by atoms with van der Waals surface area (Å²) in [6.07, 6.45) is 0.455. The molecule has 0 aliphatic rings. The second-order valence-electron chi connectivity index (χ2n) is 7.43. The minimum absolute atomic E-state index is 0.455. The van der Waals surface area contributed by atoms with E-state index in [0.29, 0.717) is 18.1 Å². The minimum atomic E-state index is -1.14. The Morgan fingerprint density at radius 1 is 0.833 bits per heavy atom. The lowest BCUT2D eigenvalue weighted by molar-refractivity contribution is 0.0810. The highest BCUT2D eigenvalue weighted by atomic mass is 35.5. The summed E-state index contributed by atoms with van der Waals surface area (Å²) in [6.45, 7) is 7.90. The summed E-state index contributed by atoms with van der Waals surface area (Å²) in [6, 6.07) is 25.2. The van der Waals surface area contributed by atoms with E-state index in [-0.39, 0.29) is 0 Å². The summed E-state index contributed by atoms with van der Waals surface area (Å²) >= 11 is 6.03. The third kappa shape index (κ3) is 5.63. The molecular weight excluding hydrogens is 394 g/mol. The van der Waals surface area contributed by atoms with E-state index >= 15 is 0 Å². The van der Waals surface area contributed by atoms with Gasteiger partial charge in [0.15, 0.2) is 0 Å². The Labute approximate surface area is 184 Å². The average Bonchev–Trinajstić information content (AvgIpc) is 2.79. The Kier molecular flexibility index (Phi) is 7.92. The molecule has 0 bridgehead atoms. The molecule has 0 heterocycles. The van der Waals surface area contributed by atoms with Crippen LogP contribution < -0.4 is 4.74 Å². The topological polar surface area (TPSA) is 32.7 Å². The quantitative estimate of drug-likeness (QED) is 0.464. The van der Waals surface area contributed by atoms with Gasteiger partial charge < -0.3 is 14.7 Å². The van der Waals surface area contributed by atoms with Crippen molar-refractivity contribution in [3.8, 4) is 5.75 Å². The van der Waals surface area contributed by atoms with Crippen molar-refractivity contribution >= 4 is 11.6 Å². The molecule has 3 rings (SSSR count). The van der Waals surface area contributed by atoms with Crippen LogP contribution in [-0.4, -0.2) is 36.2 Å². The normalized spacial score (nSPS) is 13.2. The maximum absolute atomic E-state index is 11.8. The Morgan fingerprint density at radius 3 is 2.03 bits per heavy atom. The standard InChI is InChI=1S/C26H30ClNO2/c1-3-28(4-2)18-19-30-25-16-12-23(13-17-25)26(29,22-8-6-5-7-9-22)20-21-10-14-24(27)15-11-21/h5-17,29H,3-4,18-20H2,1-2H3/t26-/m1/s1. The van der Waals surface area contributed by atoms with E-state index in [4.69, 9.17) is 16.3 Å². The maximum atomic E-state index is 11.8. The van der Waals surface area contributed by atoms with Gasteiger partial charge in [-0.3, -0.25) is 0 Å². The first-order chi connectivity index (χ1) is 14.5. The van der Waals surface area contributed by atoms with Crippen LogP contribution in [0.25, 0.3) is 0 Å². The molecule has 30 heavy (non-hydrogen) atoms. The van der Waals surface area contributed by atoms with Crippen LogP contribution in [-0.2, 0) is 12.0 Å². The first-order valence-electron chi connectivity index (χ1n) is 10.5. The van der Waals surface area contributed by atoms with Gasteiger partial charge in [-0.25, -0.2) is 0 Å². The molecule has 0 fully saturated rings. The third-order valence-electron chi connectivity index (χ3n) is 5.53. The number of likely N-dealkylation sites (N-methyl/N-ethyl adjacent to an activating group) is 1. The number of nitrogens with zero attached hydrogens (tertiary/aromatic N) is 1. The van der Waals surface area contributed by atoms with E-state index in [1.54, 1.807) is 0 Å². The molecule has 3 aromatic carbocycles. The van der Waals surface area contributed by atoms with Gasteiger partial charge in [-0.15, -0.1) is 0 Å². The van der Waals surface area contributed by atoms with Crippen LogP contribution in [0.15, 0.2) is 78.9 Å². The molecule has 1 atom stereocenters. The van der Waals surface area contributed by atoms with Gasteiger partial charge in [0, 0.05) is 18.0 Å². The fraction of sp³-hybridized carbons (Fsp3) is 0.308. The second-order valence-corrected chi connectivity index (χ2v) is 7.87. The number of hydrogen-bond donors (Lipinski definition) is 1. The number of halogens is 1. The summed E-state index contributed by atoms with van der Waals surface area (Å²) in [5.74, 6) is 0.813. The predicted molar refractivity (Wildman–Crippen MR) is 124 cm³/mol. The summed E-state index contributed by atoms with van der Waals surface area (Å²) in [5, 5.41) is 12.5. The lowest BCUT2D eigenvalue weighted by Crippen LogP contribution is -2.30. The van der Waals surface area contributed by atoms with Crippen molar-refractivity contribution in [2.24, 2.45) is 0 Å². The molecule has 0 aliphatic heterocycles. The van der Waals surface area contributed by atoms with Crippen molar-refractivity contribution in [2.75, 3.05) is 26.2 Å². The second kappa shape index (κ2) is 10.6. The lowest BCUT2D eigenvalue weighted by Gasteiger charge is -2.30. The highest BCUT2D eigenvalue weighted by molar-refractivity contribution is 6.30. The van der Waals surface area contributed by atoms with Crippen LogP contribution in [0.3, 0.4) is 0 Å². The molecule has 4 heteroatoms. The summed E-state index contributed by atoms with van der Waals surface area (Å²) in [4.78, 5) is 2.33. The van der Waals surface area contributed by atoms with Gasteiger partial charge in [0.1, 0.15) is 18.0 Å². The molecule has 3 nitrogen and oxygen atoms in total. The zero-order valence-electron chi connectivity index (χ0n) is 17.7. The van der Waals surface area contributed by atoms with Gasteiger partial charge in [-0.2, -0.15) is 0 Å². The molecule has 0 saturated heterocycles. The van der Waals surface area contributed by atoms with Crippen LogP contribution in [0.2, 0.25) is 5.02 Å². The van der Waals surface area contributed by atoms with E-state index < -0.39 is 5.60 Å². The summed E-state index contributed by atoms with van der Waals surface area (Å²) in [7, 11) is 0. The van der Waals surface area contributed by atoms with E-state index in [1.165, 1.54) is 0 Å². The number of hydrogen-bond acceptors (Lipinski definition) is 3. The molecule has 0 amide bonds. The van der Waals surface area contributed by atoms with Gasteiger partial charge >= 0.3 is 0 Å². The molecule has 0 spiro atoms. The summed E-state index contributed by atoms with van der Waals surface area (Å²) in [5.41, 5.74) is 1.56. The van der Waals surface area contributed by atoms with E-state index in [0.717, 1.165) is 42.1 Å². The Morgan fingerprint density at radius 2 is 1.43 bits per heavy atom. The maximum Gasteiger partial charge on any atom is 0.119 e. The Hall–Kier alpha value is -2.33.